The van der Waals surface area contributed by atoms with Crippen LogP contribution in [0.1, 0.15) is 0 Å². The quantitative estimate of drug-likeness (QED) is 0.285. The first kappa shape index (κ1) is 31.5. The second kappa shape index (κ2) is 7.49. The first-order valence-electron chi connectivity index (χ1n) is 6.83. The van der Waals surface area contributed by atoms with Crippen LogP contribution in [0, 0.1) is 0 Å². The lowest BCUT2D eigenvalue weighted by molar-refractivity contribution is -0.483. The Morgan fingerprint density at radius 1 is 0.303 bits per heavy atom. The molecule has 0 amide bonds. The molecule has 22 heteroatoms. The molecule has 0 bridgehead atoms. The highest BCUT2D eigenvalue weighted by atomic mass is 19.4. The molecule has 0 saturated carbocycles. The minimum atomic E-state index is -9.16. The number of methoxy groups -OCH3 is 1. The van der Waals surface area contributed by atoms with Gasteiger partial charge in [0.25, 0.3) is 0 Å². The molecule has 0 rings (SSSR count). The predicted molar refractivity (Wildman–Crippen MR) is 57.6 cm³/mol. The van der Waals surface area contributed by atoms with Crippen molar-refractivity contribution in [3.63, 3.8) is 0 Å². The Hall–Kier alpha value is -1.51. The molecule has 0 aliphatic heterocycles. The fraction of sp³-hybridized carbons (Fsp3) is 1.00. The summed E-state index contributed by atoms with van der Waals surface area (Å²) < 4.78 is 272. The molecule has 0 unspecified atom stereocenters. The average molecular weight is 550 g/mol. The van der Waals surface area contributed by atoms with Crippen LogP contribution in [-0.4, -0.2) is 66.8 Å². The molecular weight excluding hydrogens is 547 g/mol. The van der Waals surface area contributed by atoms with E-state index in [1.54, 1.807) is 0 Å². The van der Waals surface area contributed by atoms with Crippen molar-refractivity contribution in [1.29, 1.82) is 0 Å². The molecule has 0 aromatic carbocycles. The van der Waals surface area contributed by atoms with Gasteiger partial charge in [-0.15, -0.1) is 0 Å². The highest BCUT2D eigenvalue weighted by molar-refractivity contribution is 5.17. The second-order valence-corrected chi connectivity index (χ2v) is 5.81. The minimum absolute atomic E-state index is 0.692. The summed E-state index contributed by atoms with van der Waals surface area (Å²) in [6.45, 7) is 0. The summed E-state index contributed by atoms with van der Waals surface area (Å²) >= 11 is 0. The SMILES string of the molecule is COC(F)(F)C(F)(F)C(F)(F)C(F)(F)C(F)(F)C(F)(F)C(F)(F)C(F)(F)C(F)(F)C(F)(F)F. The Morgan fingerprint density at radius 3 is 0.667 bits per heavy atom. The van der Waals surface area contributed by atoms with Gasteiger partial charge in [-0.05, 0) is 0 Å². The number of alkyl halides is 21. The smallest absolute Gasteiger partial charge is 0.319 e. The lowest BCUT2D eigenvalue weighted by Gasteiger charge is -2.44. The summed E-state index contributed by atoms with van der Waals surface area (Å²) in [7, 11) is -0.692. The van der Waals surface area contributed by atoms with Crippen LogP contribution in [0.3, 0.4) is 0 Å². The molecule has 200 valence electrons. The molecule has 0 N–H and O–H groups in total. The number of rotatable bonds is 9. The monoisotopic (exact) mass is 550 g/mol. The number of hydrogen-bond donors (Lipinski definition) is 0. The molecular formula is C11H3F21O. The van der Waals surface area contributed by atoms with E-state index in [9.17, 15) is 92.2 Å². The molecule has 0 atom stereocenters. The van der Waals surface area contributed by atoms with Crippen LogP contribution in [0.5, 0.6) is 0 Å². The summed E-state index contributed by atoms with van der Waals surface area (Å²) in [5, 5.41) is 0. The normalized spacial score (nSPS) is 16.9. The Balaban J connectivity index is 7.03. The zero-order valence-corrected chi connectivity index (χ0v) is 14.3. The van der Waals surface area contributed by atoms with Crippen molar-refractivity contribution in [1.82, 2.24) is 0 Å². The van der Waals surface area contributed by atoms with Crippen LogP contribution in [0.25, 0.3) is 0 Å². The topological polar surface area (TPSA) is 9.23 Å². The van der Waals surface area contributed by atoms with Gasteiger partial charge in [0, 0.05) is 7.11 Å². The highest BCUT2D eigenvalue weighted by Gasteiger charge is 2.98. The minimum Gasteiger partial charge on any atom is -0.319 e. The summed E-state index contributed by atoms with van der Waals surface area (Å²) in [6.07, 6.45) is -15.0. The summed E-state index contributed by atoms with van der Waals surface area (Å²) in [5.41, 5.74) is 0. The number of halogens is 21. The van der Waals surface area contributed by atoms with Crippen molar-refractivity contribution in [3.8, 4) is 0 Å². The van der Waals surface area contributed by atoms with E-state index < -0.39 is 66.8 Å². The van der Waals surface area contributed by atoms with Crippen LogP contribution in [0.2, 0.25) is 0 Å². The van der Waals surface area contributed by atoms with Gasteiger partial charge in [0.15, 0.2) is 0 Å². The van der Waals surface area contributed by atoms with Crippen LogP contribution in [0.4, 0.5) is 92.2 Å². The third kappa shape index (κ3) is 3.64. The third-order valence-corrected chi connectivity index (χ3v) is 3.74. The highest BCUT2D eigenvalue weighted by Crippen LogP contribution is 2.66. The molecule has 0 aromatic rings. The fourth-order valence-corrected chi connectivity index (χ4v) is 1.67. The van der Waals surface area contributed by atoms with Crippen molar-refractivity contribution in [3.05, 3.63) is 0 Å². The molecule has 0 aromatic heterocycles. The Bertz CT molecular complexity index is 714. The van der Waals surface area contributed by atoms with E-state index in [2.05, 4.69) is 4.74 Å². The summed E-state index contributed by atoms with van der Waals surface area (Å²) in [5.74, 6) is -70.3. The van der Waals surface area contributed by atoms with Crippen LogP contribution >= 0.6 is 0 Å². The zero-order chi connectivity index (χ0) is 27.7. The maximum atomic E-state index is 13.3. The molecule has 0 aliphatic carbocycles. The van der Waals surface area contributed by atoms with Gasteiger partial charge in [0.2, 0.25) is 0 Å². The average Bonchev–Trinajstić information content (AvgIpc) is 2.59. The van der Waals surface area contributed by atoms with E-state index in [0.29, 0.717) is 0 Å². The summed E-state index contributed by atoms with van der Waals surface area (Å²) in [6, 6.07) is 0. The van der Waals surface area contributed by atoms with E-state index in [4.69, 9.17) is 0 Å². The van der Waals surface area contributed by atoms with E-state index >= 15 is 0 Å². The van der Waals surface area contributed by atoms with Crippen molar-refractivity contribution in [2.24, 2.45) is 0 Å². The molecule has 0 fully saturated rings. The van der Waals surface area contributed by atoms with Crippen LogP contribution in [0.15, 0.2) is 0 Å². The predicted octanol–water partition coefficient (Wildman–Crippen LogP) is 6.87. The van der Waals surface area contributed by atoms with E-state index in [1.165, 1.54) is 0 Å². The third-order valence-electron chi connectivity index (χ3n) is 3.74. The van der Waals surface area contributed by atoms with E-state index in [-0.39, 0.29) is 0 Å². The molecule has 33 heavy (non-hydrogen) atoms. The molecule has 0 heterocycles. The van der Waals surface area contributed by atoms with Gasteiger partial charge in [-0.3, -0.25) is 0 Å². The van der Waals surface area contributed by atoms with E-state index in [0.717, 1.165) is 0 Å². The zero-order valence-electron chi connectivity index (χ0n) is 14.3. The van der Waals surface area contributed by atoms with Gasteiger partial charge in [-0.1, -0.05) is 0 Å². The van der Waals surface area contributed by atoms with Gasteiger partial charge < -0.3 is 4.74 Å². The standard InChI is InChI=1S/C11H3F21O/c1-33-11(31,32)9(26,27)7(22,23)5(18,19)3(14,15)2(12,13)4(16,17)6(20,21)8(24,25)10(28,29)30/h1H3. The number of hydrogen-bond acceptors (Lipinski definition) is 1. The lowest BCUT2D eigenvalue weighted by atomic mass is 9.87. The van der Waals surface area contributed by atoms with Crippen molar-refractivity contribution in [2.45, 2.75) is 59.7 Å². The first-order chi connectivity index (χ1) is 13.8. The maximum Gasteiger partial charge on any atom is 0.460 e. The maximum absolute atomic E-state index is 13.3. The molecule has 0 saturated heterocycles. The van der Waals surface area contributed by atoms with Gasteiger partial charge in [-0.25, -0.2) is 0 Å². The molecule has 0 radical (unpaired) electrons. The summed E-state index contributed by atoms with van der Waals surface area (Å²) in [4.78, 5) is 0. The Labute approximate surface area is 165 Å². The molecule has 1 nitrogen and oxygen atoms in total. The molecule has 0 aliphatic rings. The first-order valence-corrected chi connectivity index (χ1v) is 6.83. The Kier molecular flexibility index (Phi) is 7.15. The van der Waals surface area contributed by atoms with Crippen molar-refractivity contribution >= 4 is 0 Å². The Morgan fingerprint density at radius 2 is 0.485 bits per heavy atom. The van der Waals surface area contributed by atoms with Crippen LogP contribution in [-0.2, 0) is 4.74 Å². The van der Waals surface area contributed by atoms with Gasteiger partial charge in [-0.2, -0.15) is 92.2 Å². The number of ether oxygens (including phenoxy) is 1. The van der Waals surface area contributed by atoms with Crippen molar-refractivity contribution in [2.75, 3.05) is 7.11 Å². The second-order valence-electron chi connectivity index (χ2n) is 5.81. The van der Waals surface area contributed by atoms with Crippen LogP contribution < -0.4 is 0 Å². The van der Waals surface area contributed by atoms with Gasteiger partial charge in [0.1, 0.15) is 0 Å². The molecule has 0 spiro atoms. The van der Waals surface area contributed by atoms with E-state index in [1.807, 2.05) is 0 Å². The largest absolute Gasteiger partial charge is 0.460 e. The lowest BCUT2D eigenvalue weighted by Crippen LogP contribution is -2.76. The van der Waals surface area contributed by atoms with Gasteiger partial charge >= 0.3 is 59.7 Å². The van der Waals surface area contributed by atoms with Gasteiger partial charge in [0.05, 0.1) is 0 Å². The fourth-order valence-electron chi connectivity index (χ4n) is 1.67. The van der Waals surface area contributed by atoms with Crippen molar-refractivity contribution < 1.29 is 96.9 Å².